The molecule has 20 heavy (non-hydrogen) atoms. The number of phenolic OH excluding ortho intramolecular Hbond substituents is 1. The summed E-state index contributed by atoms with van der Waals surface area (Å²) in [7, 11) is 0. The first kappa shape index (κ1) is 12.9. The maximum atomic E-state index is 10.9. The number of aromatic hydroxyl groups is 1. The quantitative estimate of drug-likeness (QED) is 0.750. The number of hydrogen-bond donors (Lipinski definition) is 2. The van der Waals surface area contributed by atoms with Gasteiger partial charge in [0.2, 0.25) is 0 Å². The van der Waals surface area contributed by atoms with Gasteiger partial charge >= 0.3 is 5.97 Å². The number of halogens is 1. The molecular weight excluding hydrogens is 298 g/mol. The lowest BCUT2D eigenvalue weighted by atomic mass is 10.2. The Balaban J connectivity index is 2.15. The number of benzene rings is 2. The summed E-state index contributed by atoms with van der Waals surface area (Å²) in [6.45, 7) is 0. The molecule has 6 heteroatoms. The lowest BCUT2D eigenvalue weighted by molar-refractivity contribution is 0.0697. The number of nitrogens with zero attached hydrogens (tertiary/aromatic N) is 1. The molecule has 1 heterocycles. The molecule has 0 aliphatic carbocycles. The van der Waals surface area contributed by atoms with Crippen molar-refractivity contribution < 1.29 is 15.0 Å². The number of phenols is 1. The standard InChI is InChI=1S/C14H8ClNO3S/c15-8-2-3-9(11(17)6-8)13-16-10-5-7(14(18)19)1-4-12(10)20-13/h1-6,17H,(H,18,19). The zero-order valence-corrected chi connectivity index (χ0v) is 11.6. The molecule has 3 aromatic rings. The van der Waals surface area contributed by atoms with E-state index in [-0.39, 0.29) is 11.3 Å². The van der Waals surface area contributed by atoms with E-state index in [2.05, 4.69) is 4.98 Å². The summed E-state index contributed by atoms with van der Waals surface area (Å²) in [6.07, 6.45) is 0. The molecule has 2 N–H and O–H groups in total. The van der Waals surface area contributed by atoms with E-state index in [0.717, 1.165) is 4.70 Å². The van der Waals surface area contributed by atoms with Crippen molar-refractivity contribution in [1.29, 1.82) is 0 Å². The van der Waals surface area contributed by atoms with Crippen LogP contribution in [0.1, 0.15) is 10.4 Å². The molecule has 0 aliphatic heterocycles. The smallest absolute Gasteiger partial charge is 0.335 e. The highest BCUT2D eigenvalue weighted by atomic mass is 35.5. The van der Waals surface area contributed by atoms with Gasteiger partial charge in [-0.15, -0.1) is 11.3 Å². The molecule has 0 saturated heterocycles. The summed E-state index contributed by atoms with van der Waals surface area (Å²) in [4.78, 5) is 15.3. The van der Waals surface area contributed by atoms with E-state index in [1.54, 1.807) is 18.2 Å². The van der Waals surface area contributed by atoms with Gasteiger partial charge in [-0.1, -0.05) is 11.6 Å². The second-order valence-corrected chi connectivity index (χ2v) is 5.64. The van der Waals surface area contributed by atoms with E-state index in [1.165, 1.54) is 29.5 Å². The first-order chi connectivity index (χ1) is 9.54. The highest BCUT2D eigenvalue weighted by molar-refractivity contribution is 7.21. The minimum atomic E-state index is -0.990. The number of aromatic nitrogens is 1. The number of hydrogen-bond acceptors (Lipinski definition) is 4. The van der Waals surface area contributed by atoms with Gasteiger partial charge in [-0.25, -0.2) is 9.78 Å². The first-order valence-corrected chi connectivity index (χ1v) is 6.87. The van der Waals surface area contributed by atoms with E-state index >= 15 is 0 Å². The van der Waals surface area contributed by atoms with Crippen LogP contribution in [0.5, 0.6) is 5.75 Å². The third-order valence-corrected chi connectivity index (χ3v) is 4.13. The predicted molar refractivity (Wildman–Crippen MR) is 78.7 cm³/mol. The Labute approximate surface area is 122 Å². The molecule has 100 valence electrons. The van der Waals surface area contributed by atoms with Crippen molar-refractivity contribution in [3.63, 3.8) is 0 Å². The maximum absolute atomic E-state index is 10.9. The molecule has 2 aromatic carbocycles. The highest BCUT2D eigenvalue weighted by Gasteiger charge is 2.12. The Hall–Kier alpha value is -2.11. The van der Waals surface area contributed by atoms with Crippen LogP contribution >= 0.6 is 22.9 Å². The van der Waals surface area contributed by atoms with E-state index in [0.29, 0.717) is 21.1 Å². The molecule has 0 aliphatic rings. The van der Waals surface area contributed by atoms with Gasteiger partial charge in [-0.3, -0.25) is 0 Å². The van der Waals surface area contributed by atoms with Crippen LogP contribution < -0.4 is 0 Å². The van der Waals surface area contributed by atoms with Crippen LogP contribution in [0.25, 0.3) is 20.8 Å². The van der Waals surface area contributed by atoms with Gasteiger partial charge in [-0.2, -0.15) is 0 Å². The summed E-state index contributed by atoms with van der Waals surface area (Å²) in [5, 5.41) is 19.9. The molecule has 3 rings (SSSR count). The van der Waals surface area contributed by atoms with Crippen LogP contribution in [0.3, 0.4) is 0 Å². The normalized spacial score (nSPS) is 10.8. The van der Waals surface area contributed by atoms with Gasteiger partial charge in [0.1, 0.15) is 10.8 Å². The lowest BCUT2D eigenvalue weighted by Gasteiger charge is -2.00. The summed E-state index contributed by atoms with van der Waals surface area (Å²) in [5.74, 6) is -0.939. The zero-order valence-electron chi connectivity index (χ0n) is 10.0. The third-order valence-electron chi connectivity index (χ3n) is 2.82. The molecule has 0 amide bonds. The number of carbonyl (C=O) groups is 1. The monoisotopic (exact) mass is 305 g/mol. The topological polar surface area (TPSA) is 70.4 Å². The Morgan fingerprint density at radius 2 is 2.00 bits per heavy atom. The van der Waals surface area contributed by atoms with Gasteiger partial charge in [0.15, 0.2) is 0 Å². The molecular formula is C14H8ClNO3S. The molecule has 0 atom stereocenters. The fourth-order valence-corrected chi connectivity index (χ4v) is 3.01. The predicted octanol–water partition coefficient (Wildman–Crippen LogP) is 4.02. The van der Waals surface area contributed by atoms with E-state index in [4.69, 9.17) is 16.7 Å². The number of aromatic carboxylic acids is 1. The number of thiazole rings is 1. The van der Waals surface area contributed by atoms with Crippen molar-refractivity contribution in [3.8, 4) is 16.3 Å². The van der Waals surface area contributed by atoms with Crippen molar-refractivity contribution in [1.82, 2.24) is 4.98 Å². The van der Waals surface area contributed by atoms with Crippen molar-refractivity contribution in [2.24, 2.45) is 0 Å². The molecule has 1 aromatic heterocycles. The van der Waals surface area contributed by atoms with Gasteiger partial charge in [0, 0.05) is 5.02 Å². The molecule has 0 saturated carbocycles. The Morgan fingerprint density at radius 1 is 1.20 bits per heavy atom. The van der Waals surface area contributed by atoms with Crippen molar-refractivity contribution in [2.75, 3.05) is 0 Å². The summed E-state index contributed by atoms with van der Waals surface area (Å²) >= 11 is 7.18. The molecule has 0 fully saturated rings. The Kier molecular flexibility index (Phi) is 3.08. The second-order valence-electron chi connectivity index (χ2n) is 4.17. The van der Waals surface area contributed by atoms with Gasteiger partial charge in [0.05, 0.1) is 21.3 Å². The summed E-state index contributed by atoms with van der Waals surface area (Å²) < 4.78 is 0.861. The molecule has 0 radical (unpaired) electrons. The maximum Gasteiger partial charge on any atom is 0.335 e. The van der Waals surface area contributed by atoms with Gasteiger partial charge in [0.25, 0.3) is 0 Å². The lowest BCUT2D eigenvalue weighted by Crippen LogP contribution is -1.94. The van der Waals surface area contributed by atoms with E-state index in [9.17, 15) is 9.90 Å². The van der Waals surface area contributed by atoms with Crippen LogP contribution in [-0.4, -0.2) is 21.2 Å². The van der Waals surface area contributed by atoms with Gasteiger partial charge in [-0.05, 0) is 36.4 Å². The molecule has 0 bridgehead atoms. The van der Waals surface area contributed by atoms with Crippen LogP contribution in [0, 0.1) is 0 Å². The number of fused-ring (bicyclic) bond motifs is 1. The van der Waals surface area contributed by atoms with E-state index < -0.39 is 5.97 Å². The largest absolute Gasteiger partial charge is 0.507 e. The highest BCUT2D eigenvalue weighted by Crippen LogP contribution is 2.36. The minimum Gasteiger partial charge on any atom is -0.507 e. The average molecular weight is 306 g/mol. The Morgan fingerprint density at radius 3 is 2.70 bits per heavy atom. The van der Waals surface area contributed by atoms with Crippen LogP contribution in [0.2, 0.25) is 5.02 Å². The number of carboxylic acids is 1. The molecule has 0 unspecified atom stereocenters. The van der Waals surface area contributed by atoms with E-state index in [1.807, 2.05) is 0 Å². The van der Waals surface area contributed by atoms with Crippen molar-refractivity contribution in [3.05, 3.63) is 47.0 Å². The SMILES string of the molecule is O=C(O)c1ccc2sc(-c3ccc(Cl)cc3O)nc2c1. The number of carboxylic acid groups (broad SMARTS) is 1. The van der Waals surface area contributed by atoms with Crippen molar-refractivity contribution in [2.45, 2.75) is 0 Å². The van der Waals surface area contributed by atoms with Gasteiger partial charge < -0.3 is 10.2 Å². The molecule has 0 spiro atoms. The van der Waals surface area contributed by atoms with Crippen LogP contribution in [0.15, 0.2) is 36.4 Å². The van der Waals surface area contributed by atoms with Crippen molar-refractivity contribution >= 4 is 39.1 Å². The summed E-state index contributed by atoms with van der Waals surface area (Å²) in [6, 6.07) is 9.58. The number of rotatable bonds is 2. The average Bonchev–Trinajstić information content (AvgIpc) is 2.80. The van der Waals surface area contributed by atoms with Crippen LogP contribution in [0.4, 0.5) is 0 Å². The Bertz CT molecular complexity index is 828. The fourth-order valence-electron chi connectivity index (χ4n) is 1.86. The third kappa shape index (κ3) is 2.21. The molecule has 4 nitrogen and oxygen atoms in total. The first-order valence-electron chi connectivity index (χ1n) is 5.67. The van der Waals surface area contributed by atoms with Crippen LogP contribution in [-0.2, 0) is 0 Å². The minimum absolute atomic E-state index is 0.0509. The summed E-state index contributed by atoms with van der Waals surface area (Å²) in [5.41, 5.74) is 1.36. The zero-order chi connectivity index (χ0) is 14.3. The fraction of sp³-hybridized carbons (Fsp3) is 0. The second kappa shape index (κ2) is 4.77.